The Balaban J connectivity index is 2.16. The second-order valence-electron chi connectivity index (χ2n) is 6.45. The zero-order chi connectivity index (χ0) is 22.3. The number of fused-ring (bicyclic) bond motifs is 1. The van der Waals surface area contributed by atoms with Gasteiger partial charge in [0.15, 0.2) is 0 Å². The van der Waals surface area contributed by atoms with Crippen LogP contribution in [-0.4, -0.2) is 64.8 Å². The van der Waals surface area contributed by atoms with E-state index in [4.69, 9.17) is 4.74 Å². The van der Waals surface area contributed by atoms with Gasteiger partial charge >= 0.3 is 5.97 Å². The van der Waals surface area contributed by atoms with Gasteiger partial charge in [-0.3, -0.25) is 24.1 Å². The Morgan fingerprint density at radius 2 is 1.60 bits per heavy atom. The van der Waals surface area contributed by atoms with Crippen molar-refractivity contribution < 1.29 is 28.7 Å². The van der Waals surface area contributed by atoms with E-state index in [2.05, 4.69) is 17.2 Å². The largest absolute Gasteiger partial charge is 0.460 e. The summed E-state index contributed by atoms with van der Waals surface area (Å²) < 4.78 is 5.09. The molecule has 0 spiro atoms. The molecular formula is C20H23N3O6S. The fourth-order valence-electron chi connectivity index (χ4n) is 2.88. The molecule has 0 aromatic heterocycles. The number of imide groups is 1. The number of carbonyl (C=O) groups excluding carboxylic acids is 5. The highest BCUT2D eigenvalue weighted by molar-refractivity contribution is 7.99. The number of benzene rings is 1. The van der Waals surface area contributed by atoms with Crippen molar-refractivity contribution in [1.29, 1.82) is 0 Å². The number of carbonyl (C=O) groups is 5. The van der Waals surface area contributed by atoms with Gasteiger partial charge in [-0.25, -0.2) is 4.79 Å². The molecule has 1 aliphatic heterocycles. The Labute approximate surface area is 178 Å². The summed E-state index contributed by atoms with van der Waals surface area (Å²) in [6.07, 6.45) is 0.714. The van der Waals surface area contributed by atoms with E-state index in [1.165, 1.54) is 43.8 Å². The van der Waals surface area contributed by atoms with Crippen LogP contribution in [0.4, 0.5) is 0 Å². The molecule has 10 heteroatoms. The maximum Gasteiger partial charge on any atom is 0.330 e. The number of esters is 1. The number of amides is 4. The van der Waals surface area contributed by atoms with Gasteiger partial charge in [0, 0.05) is 25.4 Å². The molecule has 0 bridgehead atoms. The molecule has 0 aliphatic carbocycles. The first-order valence-electron chi connectivity index (χ1n) is 9.12. The molecule has 0 fully saturated rings. The van der Waals surface area contributed by atoms with Crippen molar-refractivity contribution in [3.05, 3.63) is 48.0 Å². The van der Waals surface area contributed by atoms with Crippen LogP contribution in [0.3, 0.4) is 0 Å². The highest BCUT2D eigenvalue weighted by Crippen LogP contribution is 2.26. The summed E-state index contributed by atoms with van der Waals surface area (Å²) in [5.74, 6) is -2.32. The van der Waals surface area contributed by atoms with Crippen LogP contribution in [-0.2, 0) is 19.1 Å². The summed E-state index contributed by atoms with van der Waals surface area (Å²) in [5.41, 5.74) is 0.451. The minimum atomic E-state index is -1.17. The van der Waals surface area contributed by atoms with Gasteiger partial charge in [0.25, 0.3) is 11.8 Å². The molecule has 1 aromatic carbocycles. The Morgan fingerprint density at radius 1 is 1.07 bits per heavy atom. The highest BCUT2D eigenvalue weighted by atomic mass is 32.2. The number of nitrogens with zero attached hydrogens (tertiary/aromatic N) is 1. The average Bonchev–Trinajstić information content (AvgIpc) is 2.93. The summed E-state index contributed by atoms with van der Waals surface area (Å²) in [6, 6.07) is 5.16. The summed E-state index contributed by atoms with van der Waals surface area (Å²) in [4.78, 5) is 61.7. The lowest BCUT2D eigenvalue weighted by Gasteiger charge is -2.25. The molecular weight excluding hydrogens is 410 g/mol. The first-order chi connectivity index (χ1) is 14.3. The van der Waals surface area contributed by atoms with Crippen LogP contribution in [0.1, 0.15) is 34.6 Å². The molecule has 4 amide bonds. The third kappa shape index (κ3) is 5.69. The number of hydrogen-bond acceptors (Lipinski definition) is 7. The van der Waals surface area contributed by atoms with E-state index < -0.39 is 30.0 Å². The van der Waals surface area contributed by atoms with Crippen molar-refractivity contribution in [3.63, 3.8) is 0 Å². The fraction of sp³-hybridized carbons (Fsp3) is 0.350. The van der Waals surface area contributed by atoms with Crippen LogP contribution in [0.2, 0.25) is 0 Å². The van der Waals surface area contributed by atoms with Gasteiger partial charge in [-0.1, -0.05) is 24.8 Å². The molecule has 0 saturated carbocycles. The van der Waals surface area contributed by atoms with Crippen LogP contribution >= 0.6 is 11.8 Å². The van der Waals surface area contributed by atoms with Crippen LogP contribution in [0.15, 0.2) is 36.9 Å². The van der Waals surface area contributed by atoms with Gasteiger partial charge in [0.1, 0.15) is 18.8 Å². The van der Waals surface area contributed by atoms with Gasteiger partial charge < -0.3 is 15.4 Å². The topological polar surface area (TPSA) is 122 Å². The van der Waals surface area contributed by atoms with Crippen molar-refractivity contribution in [3.8, 4) is 0 Å². The van der Waals surface area contributed by atoms with Crippen molar-refractivity contribution in [2.45, 2.75) is 26.1 Å². The lowest BCUT2D eigenvalue weighted by atomic mass is 10.1. The van der Waals surface area contributed by atoms with Crippen LogP contribution < -0.4 is 10.6 Å². The van der Waals surface area contributed by atoms with E-state index in [-0.39, 0.29) is 41.1 Å². The third-order valence-electron chi connectivity index (χ3n) is 4.07. The summed E-state index contributed by atoms with van der Waals surface area (Å²) in [7, 11) is 0. The van der Waals surface area contributed by atoms with Crippen LogP contribution in [0.5, 0.6) is 0 Å². The Morgan fingerprint density at radius 3 is 2.07 bits per heavy atom. The number of nitrogens with one attached hydrogen (secondary N) is 2. The smallest absolute Gasteiger partial charge is 0.330 e. The molecule has 2 N–H and O–H groups in total. The Bertz CT molecular complexity index is 821. The van der Waals surface area contributed by atoms with Crippen molar-refractivity contribution >= 4 is 41.4 Å². The predicted molar refractivity (Wildman–Crippen MR) is 111 cm³/mol. The molecule has 2 rings (SSSR count). The van der Waals surface area contributed by atoms with Gasteiger partial charge in [-0.15, -0.1) is 0 Å². The molecule has 1 atom stereocenters. The monoisotopic (exact) mass is 433 g/mol. The quantitative estimate of drug-likeness (QED) is 0.241. The van der Waals surface area contributed by atoms with E-state index in [1.54, 1.807) is 12.1 Å². The zero-order valence-electron chi connectivity index (χ0n) is 16.7. The fourth-order valence-corrected chi connectivity index (χ4v) is 3.93. The number of hydrogen-bond donors (Lipinski definition) is 2. The maximum absolute atomic E-state index is 12.8. The van der Waals surface area contributed by atoms with Gasteiger partial charge in [0.2, 0.25) is 11.8 Å². The molecule has 1 aromatic rings. The molecule has 0 radical (unpaired) electrons. The van der Waals surface area contributed by atoms with E-state index in [9.17, 15) is 24.0 Å². The van der Waals surface area contributed by atoms with Crippen molar-refractivity contribution in [1.82, 2.24) is 15.5 Å². The first-order valence-corrected chi connectivity index (χ1v) is 10.3. The first kappa shape index (κ1) is 23.1. The second kappa shape index (κ2) is 10.6. The molecule has 160 valence electrons. The molecule has 1 aliphatic rings. The average molecular weight is 433 g/mol. The van der Waals surface area contributed by atoms with Gasteiger partial charge in [-0.05, 0) is 12.1 Å². The Hall–Kier alpha value is -3.14. The van der Waals surface area contributed by atoms with Crippen molar-refractivity contribution in [2.24, 2.45) is 0 Å². The van der Waals surface area contributed by atoms with Crippen LogP contribution in [0.25, 0.3) is 0 Å². The van der Waals surface area contributed by atoms with Crippen molar-refractivity contribution in [2.75, 3.05) is 18.1 Å². The molecule has 0 unspecified atom stereocenters. The third-order valence-corrected chi connectivity index (χ3v) is 5.19. The summed E-state index contributed by atoms with van der Waals surface area (Å²) >= 11 is 1.18. The molecule has 30 heavy (non-hydrogen) atoms. The zero-order valence-corrected chi connectivity index (χ0v) is 17.5. The van der Waals surface area contributed by atoms with E-state index in [0.717, 1.165) is 4.90 Å². The number of thioether (sulfide) groups is 1. The van der Waals surface area contributed by atoms with Gasteiger partial charge in [-0.2, -0.15) is 11.8 Å². The van der Waals surface area contributed by atoms with Gasteiger partial charge in [0.05, 0.1) is 11.1 Å². The van der Waals surface area contributed by atoms with E-state index in [1.807, 2.05) is 0 Å². The Kier molecular flexibility index (Phi) is 8.16. The molecule has 1 heterocycles. The van der Waals surface area contributed by atoms with E-state index in [0.29, 0.717) is 0 Å². The summed E-state index contributed by atoms with van der Waals surface area (Å²) in [6.45, 7) is 6.04. The maximum atomic E-state index is 12.8. The van der Waals surface area contributed by atoms with Crippen LogP contribution in [0, 0.1) is 0 Å². The minimum Gasteiger partial charge on any atom is -0.460 e. The second-order valence-corrected chi connectivity index (χ2v) is 7.53. The lowest BCUT2D eigenvalue weighted by molar-refractivity contribution is -0.146. The SMILES string of the molecule is C=CCOC(=O)[C@@H](CSCC(NC(C)=O)NC(C)=O)N1C(=O)c2ccccc2C1=O. The highest BCUT2D eigenvalue weighted by Gasteiger charge is 2.43. The van der Waals surface area contributed by atoms with E-state index >= 15 is 0 Å². The lowest BCUT2D eigenvalue weighted by Crippen LogP contribution is -2.50. The predicted octanol–water partition coefficient (Wildman–Crippen LogP) is 0.712. The minimum absolute atomic E-state index is 0.0249. The standard InChI is InChI=1S/C20H23N3O6S/c1-4-9-29-20(28)16(10-30-11-17(21-12(2)24)22-13(3)25)23-18(26)14-7-5-6-8-15(14)19(23)27/h4-8,16-17H,1,9-11H2,2-3H3,(H,21,24)(H,22,25)/t16-/m1/s1. The number of ether oxygens (including phenoxy) is 1. The summed E-state index contributed by atoms with van der Waals surface area (Å²) in [5, 5.41) is 5.16. The molecule has 9 nitrogen and oxygen atoms in total. The normalized spacial score (nSPS) is 13.6. The molecule has 0 saturated heterocycles. The number of rotatable bonds is 10.